The molecule has 3 atom stereocenters. The highest BCUT2D eigenvalue weighted by atomic mass is 19.4. The van der Waals surface area contributed by atoms with Crippen LogP contribution >= 0.6 is 0 Å². The van der Waals surface area contributed by atoms with Gasteiger partial charge in [0.2, 0.25) is 0 Å². The third kappa shape index (κ3) is 2.78. The van der Waals surface area contributed by atoms with Gasteiger partial charge in [0.1, 0.15) is 0 Å². The van der Waals surface area contributed by atoms with E-state index < -0.39 is 17.3 Å². The summed E-state index contributed by atoms with van der Waals surface area (Å²) in [7, 11) is 0. The van der Waals surface area contributed by atoms with Crippen molar-refractivity contribution in [2.24, 2.45) is 17.6 Å². The quantitative estimate of drug-likeness (QED) is 0.809. The predicted molar refractivity (Wildman–Crippen MR) is 69.5 cm³/mol. The Morgan fingerprint density at radius 3 is 2.37 bits per heavy atom. The minimum atomic E-state index is -4.34. The first-order valence-electron chi connectivity index (χ1n) is 6.69. The van der Waals surface area contributed by atoms with Gasteiger partial charge in [-0.3, -0.25) is 0 Å². The Bertz CT molecular complexity index is 455. The van der Waals surface area contributed by atoms with Crippen molar-refractivity contribution in [3.63, 3.8) is 0 Å². The van der Waals surface area contributed by atoms with E-state index in [1.165, 1.54) is 12.1 Å². The van der Waals surface area contributed by atoms with Gasteiger partial charge in [0.25, 0.3) is 0 Å². The second kappa shape index (κ2) is 4.82. The van der Waals surface area contributed by atoms with Gasteiger partial charge in [-0.25, -0.2) is 0 Å². The van der Waals surface area contributed by atoms with Gasteiger partial charge in [0.15, 0.2) is 0 Å². The highest BCUT2D eigenvalue weighted by Crippen LogP contribution is 2.44. The van der Waals surface area contributed by atoms with Crippen molar-refractivity contribution >= 4 is 0 Å². The Morgan fingerprint density at radius 2 is 1.79 bits per heavy atom. The third-order valence-electron chi connectivity index (χ3n) is 4.47. The number of hydrogen-bond acceptors (Lipinski definition) is 1. The van der Waals surface area contributed by atoms with Crippen LogP contribution in [0.1, 0.15) is 44.2 Å². The summed E-state index contributed by atoms with van der Waals surface area (Å²) in [6, 6.07) is 5.73. The maximum absolute atomic E-state index is 13.1. The maximum Gasteiger partial charge on any atom is 0.416 e. The van der Waals surface area contributed by atoms with Crippen molar-refractivity contribution in [2.75, 3.05) is 0 Å². The molecule has 0 bridgehead atoms. The van der Waals surface area contributed by atoms with Gasteiger partial charge in [-0.05, 0) is 42.7 Å². The van der Waals surface area contributed by atoms with Crippen LogP contribution in [0.25, 0.3) is 0 Å². The van der Waals surface area contributed by atoms with Crippen LogP contribution in [0, 0.1) is 11.8 Å². The summed E-state index contributed by atoms with van der Waals surface area (Å²) in [6.45, 7) is 4.21. The van der Waals surface area contributed by atoms with E-state index in [1.807, 2.05) is 0 Å². The lowest BCUT2D eigenvalue weighted by atomic mass is 9.68. The van der Waals surface area contributed by atoms with Crippen LogP contribution in [-0.4, -0.2) is 0 Å². The molecule has 1 nitrogen and oxygen atoms in total. The van der Waals surface area contributed by atoms with Gasteiger partial charge in [-0.1, -0.05) is 32.0 Å². The summed E-state index contributed by atoms with van der Waals surface area (Å²) in [6.07, 6.45) is -2.23. The molecule has 1 aliphatic rings. The molecule has 0 aromatic heterocycles. The smallest absolute Gasteiger partial charge is 0.321 e. The zero-order valence-corrected chi connectivity index (χ0v) is 11.3. The fourth-order valence-electron chi connectivity index (χ4n) is 3.06. The van der Waals surface area contributed by atoms with E-state index in [2.05, 4.69) is 13.8 Å². The number of benzene rings is 1. The second-order valence-corrected chi connectivity index (χ2v) is 5.90. The molecule has 0 heterocycles. The van der Waals surface area contributed by atoms with E-state index in [0.717, 1.165) is 12.5 Å². The van der Waals surface area contributed by atoms with Crippen LogP contribution in [-0.2, 0) is 11.7 Å². The topological polar surface area (TPSA) is 26.0 Å². The summed E-state index contributed by atoms with van der Waals surface area (Å²) in [5.74, 6) is 0.870. The molecule has 1 aromatic rings. The van der Waals surface area contributed by atoms with Crippen molar-refractivity contribution in [1.29, 1.82) is 0 Å². The molecule has 1 aromatic carbocycles. The average Bonchev–Trinajstić information content (AvgIpc) is 2.33. The number of alkyl halides is 3. The molecule has 0 radical (unpaired) electrons. The standard InChI is InChI=1S/C15H20F3N/c1-10-7-8-14(19,9-11(10)2)12-5-3-4-6-13(12)15(16,17)18/h3-6,10-11H,7-9,19H2,1-2H3. The van der Waals surface area contributed by atoms with Gasteiger partial charge < -0.3 is 5.73 Å². The van der Waals surface area contributed by atoms with Gasteiger partial charge in [-0.2, -0.15) is 13.2 Å². The molecule has 2 N–H and O–H groups in total. The molecule has 0 aliphatic heterocycles. The Balaban J connectivity index is 2.42. The molecule has 4 heteroatoms. The molecule has 1 aliphatic carbocycles. The Labute approximate surface area is 112 Å². The van der Waals surface area contributed by atoms with Crippen LogP contribution in [0.3, 0.4) is 0 Å². The van der Waals surface area contributed by atoms with E-state index >= 15 is 0 Å². The fourth-order valence-corrected chi connectivity index (χ4v) is 3.06. The van der Waals surface area contributed by atoms with E-state index in [0.29, 0.717) is 24.7 Å². The van der Waals surface area contributed by atoms with E-state index in [-0.39, 0.29) is 5.56 Å². The van der Waals surface area contributed by atoms with Crippen molar-refractivity contribution < 1.29 is 13.2 Å². The first-order chi connectivity index (χ1) is 8.74. The largest absolute Gasteiger partial charge is 0.416 e. The summed E-state index contributed by atoms with van der Waals surface area (Å²) >= 11 is 0. The van der Waals surface area contributed by atoms with Crippen LogP contribution in [0.15, 0.2) is 24.3 Å². The molecule has 0 spiro atoms. The van der Waals surface area contributed by atoms with Crippen molar-refractivity contribution in [2.45, 2.75) is 44.8 Å². The Hall–Kier alpha value is -1.03. The van der Waals surface area contributed by atoms with Crippen LogP contribution in [0.4, 0.5) is 13.2 Å². The SMILES string of the molecule is CC1CCC(N)(c2ccccc2C(F)(F)F)CC1C. The van der Waals surface area contributed by atoms with Gasteiger partial charge in [-0.15, -0.1) is 0 Å². The molecule has 0 amide bonds. The zero-order valence-electron chi connectivity index (χ0n) is 11.3. The van der Waals surface area contributed by atoms with Crippen molar-refractivity contribution in [1.82, 2.24) is 0 Å². The lowest BCUT2D eigenvalue weighted by Gasteiger charge is -2.41. The highest BCUT2D eigenvalue weighted by Gasteiger charge is 2.42. The summed E-state index contributed by atoms with van der Waals surface area (Å²) in [5, 5.41) is 0. The molecule has 2 rings (SSSR count). The second-order valence-electron chi connectivity index (χ2n) is 5.90. The van der Waals surface area contributed by atoms with Crippen LogP contribution < -0.4 is 5.73 Å². The van der Waals surface area contributed by atoms with E-state index in [4.69, 9.17) is 5.73 Å². The van der Waals surface area contributed by atoms with Crippen LogP contribution in [0.2, 0.25) is 0 Å². The predicted octanol–water partition coefficient (Wildman–Crippen LogP) is 4.32. The number of nitrogens with two attached hydrogens (primary N) is 1. The third-order valence-corrected chi connectivity index (χ3v) is 4.47. The molecule has 19 heavy (non-hydrogen) atoms. The summed E-state index contributed by atoms with van der Waals surface area (Å²) in [5.41, 5.74) is 5.15. The normalized spacial score (nSPS) is 32.3. The Kier molecular flexibility index (Phi) is 3.65. The lowest BCUT2D eigenvalue weighted by molar-refractivity contribution is -0.139. The molecular weight excluding hydrogens is 251 g/mol. The van der Waals surface area contributed by atoms with E-state index in [9.17, 15) is 13.2 Å². The molecular formula is C15H20F3N. The van der Waals surface area contributed by atoms with E-state index in [1.54, 1.807) is 6.07 Å². The molecule has 3 unspecified atom stereocenters. The fraction of sp³-hybridized carbons (Fsp3) is 0.600. The highest BCUT2D eigenvalue weighted by molar-refractivity contribution is 5.36. The number of halogens is 3. The lowest BCUT2D eigenvalue weighted by Crippen LogP contribution is -2.44. The molecule has 0 saturated heterocycles. The zero-order chi connectivity index (χ0) is 14.3. The Morgan fingerprint density at radius 1 is 1.16 bits per heavy atom. The number of hydrogen-bond donors (Lipinski definition) is 1. The maximum atomic E-state index is 13.1. The van der Waals surface area contributed by atoms with Crippen molar-refractivity contribution in [3.8, 4) is 0 Å². The van der Waals surface area contributed by atoms with Crippen LogP contribution in [0.5, 0.6) is 0 Å². The minimum absolute atomic E-state index is 0.251. The summed E-state index contributed by atoms with van der Waals surface area (Å²) in [4.78, 5) is 0. The first kappa shape index (κ1) is 14.4. The molecule has 1 fully saturated rings. The van der Waals surface area contributed by atoms with Gasteiger partial charge in [0.05, 0.1) is 5.56 Å². The average molecular weight is 271 g/mol. The number of rotatable bonds is 1. The first-order valence-corrected chi connectivity index (χ1v) is 6.69. The minimum Gasteiger partial charge on any atom is -0.321 e. The van der Waals surface area contributed by atoms with Gasteiger partial charge >= 0.3 is 6.18 Å². The monoisotopic (exact) mass is 271 g/mol. The van der Waals surface area contributed by atoms with Gasteiger partial charge in [0, 0.05) is 5.54 Å². The molecule has 106 valence electrons. The summed E-state index contributed by atoms with van der Waals surface area (Å²) < 4.78 is 39.3. The molecule has 1 saturated carbocycles. The van der Waals surface area contributed by atoms with Crippen molar-refractivity contribution in [3.05, 3.63) is 35.4 Å².